The average molecular weight is 1400 g/mol. The highest BCUT2D eigenvalue weighted by molar-refractivity contribution is 6.98. The third-order valence-electron chi connectivity index (χ3n) is 24.2. The van der Waals surface area contributed by atoms with Gasteiger partial charge in [-0.05, 0) is 230 Å². The SMILES string of the molecule is Cc1cc(C)c(B(c2c(C)cc(Cc3cccc4c3-c3ccccc3C43c4ccccc4N(c4ccc5c(c4)Oc4ccccc4B5c4c(C(C)C)cc(C(C)C)cc4C(C)C)c4ccccc43)cc2C)c2c(C)cc(-n3c4ccccc4c4cc(N(c5ccccc5)c5ccccc5)ccc43)cc2C)c(C)c1. The van der Waals surface area contributed by atoms with Crippen LogP contribution in [0.1, 0.15) is 148 Å². The molecule has 0 N–H and O–H groups in total. The van der Waals surface area contributed by atoms with E-state index >= 15 is 0 Å². The molecule has 18 rings (SSSR count). The first-order chi connectivity index (χ1) is 52.5. The molecule has 0 amide bonds. The van der Waals surface area contributed by atoms with Crippen LogP contribution in [0.5, 0.6) is 11.5 Å². The third kappa shape index (κ3) is 10.9. The number of fused-ring (bicyclic) bond motifs is 14. The first-order valence-corrected chi connectivity index (χ1v) is 39.0. The van der Waals surface area contributed by atoms with E-state index < -0.39 is 5.41 Å². The molecule has 1 spiro atoms. The molecule has 2 aliphatic heterocycles. The maximum Gasteiger partial charge on any atom is 0.251 e. The number of hydrogen-bond donors (Lipinski definition) is 0. The number of hydrogen-bond acceptors (Lipinski definition) is 3. The van der Waals surface area contributed by atoms with Crippen LogP contribution in [0.2, 0.25) is 0 Å². The minimum Gasteiger partial charge on any atom is -0.458 e. The zero-order valence-electron chi connectivity index (χ0n) is 64.5. The fourth-order valence-electron chi connectivity index (χ4n) is 19.8. The summed E-state index contributed by atoms with van der Waals surface area (Å²) in [5.74, 6) is 2.92. The molecule has 14 aromatic carbocycles. The molecular weight excluding hydrogens is 1300 g/mol. The van der Waals surface area contributed by atoms with E-state index in [0.29, 0.717) is 17.8 Å². The molecule has 0 radical (unpaired) electrons. The van der Waals surface area contributed by atoms with Gasteiger partial charge in [0.1, 0.15) is 11.5 Å². The smallest absolute Gasteiger partial charge is 0.251 e. The summed E-state index contributed by atoms with van der Waals surface area (Å²) in [6.07, 6.45) is 0.778. The van der Waals surface area contributed by atoms with E-state index in [0.717, 1.165) is 52.0 Å². The minimum absolute atomic E-state index is 0.00201. The fraction of sp³-hybridized carbons (Fsp3) is 0.176. The second-order valence-electron chi connectivity index (χ2n) is 32.0. The third-order valence-corrected chi connectivity index (χ3v) is 24.2. The molecule has 6 heteroatoms. The standard InChI is InChI=1S/C102H91B2N3O/c1-62(2)74-58-82(63(3)4)101(83(59-74)64(5)6)103-89-42-25-29-46-95(89)108-96-61-78(47-49-90(96)103)106-93-44-27-23-39-86(93)102(87-40-24-28-45-94(87)106)85-38-22-20-37-81(85)97-73(31-30-41-88(97)102)57-72-53-68(10)99(69(11)54-72)104(98-66(8)51-65(7)52-67(98)9)100-70(12)55-79(56-71(100)13)107-91-43-26-21-36-80(91)84-60-77(48-50-92(84)107)105(75-32-16-14-17-33-75)76-34-18-15-19-35-76/h14-56,58-64H,57H2,1-13H3. The van der Waals surface area contributed by atoms with Gasteiger partial charge in [-0.1, -0.05) is 296 Å². The van der Waals surface area contributed by atoms with Crippen LogP contribution in [0.25, 0.3) is 38.6 Å². The van der Waals surface area contributed by atoms with Gasteiger partial charge in [-0.15, -0.1) is 0 Å². The number of aryl methyl sites for hydroxylation is 7. The summed E-state index contributed by atoms with van der Waals surface area (Å²) in [5.41, 5.74) is 41.5. The van der Waals surface area contributed by atoms with Crippen molar-refractivity contribution in [3.63, 3.8) is 0 Å². The minimum atomic E-state index is -0.612. The molecule has 1 aliphatic carbocycles. The van der Waals surface area contributed by atoms with Gasteiger partial charge in [0.2, 0.25) is 6.71 Å². The summed E-state index contributed by atoms with van der Waals surface area (Å²) < 4.78 is 9.67. The Morgan fingerprint density at radius 1 is 0.398 bits per heavy atom. The Labute approximate surface area is 639 Å². The Bertz CT molecular complexity index is 5930. The van der Waals surface area contributed by atoms with Crippen LogP contribution in [0.3, 0.4) is 0 Å². The van der Waals surface area contributed by atoms with E-state index in [9.17, 15) is 0 Å². The second kappa shape index (κ2) is 26.7. The highest BCUT2D eigenvalue weighted by Gasteiger charge is 2.52. The molecule has 4 nitrogen and oxygen atoms in total. The van der Waals surface area contributed by atoms with Gasteiger partial charge in [0.05, 0.1) is 27.8 Å². The molecule has 1 aromatic heterocycles. The Kier molecular flexibility index (Phi) is 16.9. The van der Waals surface area contributed by atoms with Gasteiger partial charge in [-0.2, -0.15) is 0 Å². The highest BCUT2D eigenvalue weighted by Crippen LogP contribution is 2.64. The monoisotopic (exact) mass is 1400 g/mol. The van der Waals surface area contributed by atoms with Crippen molar-refractivity contribution in [2.75, 3.05) is 9.80 Å². The molecular formula is C102H91B2N3O. The van der Waals surface area contributed by atoms with Crippen molar-refractivity contribution in [2.45, 2.75) is 120 Å². The molecule has 3 heterocycles. The Hall–Kier alpha value is -11.6. The summed E-state index contributed by atoms with van der Waals surface area (Å²) in [6.45, 7) is 30.5. The van der Waals surface area contributed by atoms with Crippen molar-refractivity contribution in [1.82, 2.24) is 4.57 Å². The lowest BCUT2D eigenvalue weighted by Gasteiger charge is -2.45. The summed E-state index contributed by atoms with van der Waals surface area (Å²) >= 11 is 0. The predicted octanol–water partition coefficient (Wildman–Crippen LogP) is 22.7. The lowest BCUT2D eigenvalue weighted by atomic mass is 9.33. The van der Waals surface area contributed by atoms with Gasteiger partial charge in [0, 0.05) is 45.3 Å². The number of rotatable bonds is 14. The summed E-state index contributed by atoms with van der Waals surface area (Å²) in [7, 11) is 0. The molecule has 108 heavy (non-hydrogen) atoms. The van der Waals surface area contributed by atoms with Crippen LogP contribution in [-0.2, 0) is 11.8 Å². The van der Waals surface area contributed by atoms with Gasteiger partial charge in [-0.25, -0.2) is 0 Å². The Balaban J connectivity index is 0.730. The second-order valence-corrected chi connectivity index (χ2v) is 32.0. The lowest BCUT2D eigenvalue weighted by Crippen LogP contribution is -2.57. The van der Waals surface area contributed by atoms with Crippen molar-refractivity contribution in [3.8, 4) is 28.3 Å². The van der Waals surface area contributed by atoms with Crippen molar-refractivity contribution >= 4 is 102 Å². The molecule has 3 aliphatic rings. The number of para-hydroxylation sites is 6. The summed E-state index contributed by atoms with van der Waals surface area (Å²) in [4.78, 5) is 4.88. The molecule has 0 bridgehead atoms. The summed E-state index contributed by atoms with van der Waals surface area (Å²) in [6, 6.07) is 108. The van der Waals surface area contributed by atoms with Gasteiger partial charge in [0.25, 0.3) is 6.71 Å². The van der Waals surface area contributed by atoms with E-state index in [4.69, 9.17) is 4.74 Å². The average Bonchev–Trinajstić information content (AvgIpc) is 1.52. The zero-order chi connectivity index (χ0) is 74.1. The van der Waals surface area contributed by atoms with E-state index in [-0.39, 0.29) is 13.4 Å². The number of anilines is 6. The molecule has 0 atom stereocenters. The highest BCUT2D eigenvalue weighted by atomic mass is 16.5. The van der Waals surface area contributed by atoms with Gasteiger partial charge < -0.3 is 19.1 Å². The predicted molar refractivity (Wildman–Crippen MR) is 461 cm³/mol. The van der Waals surface area contributed by atoms with Crippen LogP contribution in [-0.4, -0.2) is 18.0 Å². The van der Waals surface area contributed by atoms with Gasteiger partial charge in [0.15, 0.2) is 0 Å². The van der Waals surface area contributed by atoms with Crippen LogP contribution in [0.4, 0.5) is 34.1 Å². The largest absolute Gasteiger partial charge is 0.458 e. The van der Waals surface area contributed by atoms with E-state index in [1.54, 1.807) is 0 Å². The van der Waals surface area contributed by atoms with Crippen LogP contribution in [0, 0.1) is 48.5 Å². The molecule has 526 valence electrons. The maximum atomic E-state index is 7.18. The maximum absolute atomic E-state index is 7.18. The number of benzene rings is 14. The quantitative estimate of drug-likeness (QED) is 0.101. The molecule has 0 unspecified atom stereocenters. The Morgan fingerprint density at radius 2 is 0.917 bits per heavy atom. The first kappa shape index (κ1) is 68.2. The molecule has 0 saturated heterocycles. The zero-order valence-corrected chi connectivity index (χ0v) is 64.5. The van der Waals surface area contributed by atoms with Crippen LogP contribution < -0.4 is 47.3 Å². The van der Waals surface area contributed by atoms with Crippen LogP contribution >= 0.6 is 0 Å². The summed E-state index contributed by atoms with van der Waals surface area (Å²) in [5, 5.41) is 2.45. The van der Waals surface area contributed by atoms with E-state index in [1.165, 1.54) is 160 Å². The number of aromatic nitrogens is 1. The van der Waals surface area contributed by atoms with E-state index in [2.05, 4.69) is 389 Å². The first-order valence-electron chi connectivity index (χ1n) is 39.0. The van der Waals surface area contributed by atoms with E-state index in [1.807, 2.05) is 0 Å². The van der Waals surface area contributed by atoms with Crippen molar-refractivity contribution in [1.29, 1.82) is 0 Å². The van der Waals surface area contributed by atoms with Crippen molar-refractivity contribution < 1.29 is 4.74 Å². The number of nitrogens with zero attached hydrogens (tertiary/aromatic N) is 3. The van der Waals surface area contributed by atoms with Crippen molar-refractivity contribution in [2.24, 2.45) is 0 Å². The molecule has 15 aromatic rings. The number of ether oxygens (including phenoxy) is 1. The Morgan fingerprint density at radius 3 is 1.54 bits per heavy atom. The fourth-order valence-corrected chi connectivity index (χ4v) is 19.8. The van der Waals surface area contributed by atoms with Crippen molar-refractivity contribution in [3.05, 3.63) is 374 Å². The molecule has 0 fully saturated rings. The van der Waals surface area contributed by atoms with Gasteiger partial charge >= 0.3 is 0 Å². The topological polar surface area (TPSA) is 20.6 Å². The molecule has 0 saturated carbocycles. The van der Waals surface area contributed by atoms with Gasteiger partial charge in [-0.3, -0.25) is 0 Å². The van der Waals surface area contributed by atoms with Crippen LogP contribution in [0.15, 0.2) is 285 Å². The normalized spacial score (nSPS) is 13.1. The lowest BCUT2D eigenvalue weighted by molar-refractivity contribution is 0.487.